The first-order valence-corrected chi connectivity index (χ1v) is 12.4. The Morgan fingerprint density at radius 3 is 2.17 bits per heavy atom. The van der Waals surface area contributed by atoms with Crippen LogP contribution in [-0.2, 0) is 14.3 Å². The Kier molecular flexibility index (Phi) is 6.03. The van der Waals surface area contributed by atoms with Crippen LogP contribution in [0.3, 0.4) is 0 Å². The van der Waals surface area contributed by atoms with Crippen molar-refractivity contribution < 1.29 is 24.2 Å². The second-order valence-electron chi connectivity index (χ2n) is 10.7. The Morgan fingerprint density at radius 2 is 1.63 bits per heavy atom. The molecular formula is C28H32N2O5. The number of nitrogens with one attached hydrogen (secondary N) is 2. The number of rotatable bonds is 8. The van der Waals surface area contributed by atoms with Gasteiger partial charge in [-0.15, -0.1) is 0 Å². The number of hydrogen-bond acceptors (Lipinski definition) is 4. The third-order valence-electron chi connectivity index (χ3n) is 8.03. The molecule has 2 saturated carbocycles. The molecule has 0 heterocycles. The topological polar surface area (TPSA) is 105 Å². The van der Waals surface area contributed by atoms with Crippen LogP contribution in [0.25, 0.3) is 11.1 Å². The number of fused-ring (bicyclic) bond motifs is 3. The highest BCUT2D eigenvalue weighted by Gasteiger charge is 2.61. The summed E-state index contributed by atoms with van der Waals surface area (Å²) < 4.78 is 5.55. The van der Waals surface area contributed by atoms with E-state index in [2.05, 4.69) is 34.9 Å². The van der Waals surface area contributed by atoms with E-state index in [-0.39, 0.29) is 42.7 Å². The molecule has 2 amide bonds. The zero-order chi connectivity index (χ0) is 24.6. The molecule has 3 N–H and O–H groups in total. The molecule has 0 aliphatic heterocycles. The average molecular weight is 477 g/mol. The van der Waals surface area contributed by atoms with Gasteiger partial charge < -0.3 is 20.5 Å². The van der Waals surface area contributed by atoms with Crippen LogP contribution in [0, 0.1) is 11.3 Å². The van der Waals surface area contributed by atoms with Gasteiger partial charge in [-0.2, -0.15) is 0 Å². The van der Waals surface area contributed by atoms with Gasteiger partial charge in [-0.3, -0.25) is 4.79 Å². The quantitative estimate of drug-likeness (QED) is 0.522. The number of aliphatic carboxylic acids is 1. The van der Waals surface area contributed by atoms with Gasteiger partial charge in [0.25, 0.3) is 0 Å². The van der Waals surface area contributed by atoms with E-state index in [9.17, 15) is 19.5 Å². The third-order valence-corrected chi connectivity index (χ3v) is 8.03. The van der Waals surface area contributed by atoms with Crippen molar-refractivity contribution in [1.29, 1.82) is 0 Å². The van der Waals surface area contributed by atoms with E-state index in [1.807, 2.05) is 31.2 Å². The van der Waals surface area contributed by atoms with E-state index in [1.165, 1.54) is 11.1 Å². The standard InChI is InChI=1S/C28H32N2O5/c1-18(13-24(31)30-28(25(32)33)16-27(17-28)11-6-12-27)14-29-26(34)35-15-23-21-9-4-2-7-19(21)20-8-3-5-10-22(20)23/h2-5,7-10,18,23H,6,11-17H2,1H3,(H,29,34)(H,30,31)(H,32,33). The molecule has 0 bridgehead atoms. The van der Waals surface area contributed by atoms with Crippen molar-refractivity contribution in [2.24, 2.45) is 11.3 Å². The van der Waals surface area contributed by atoms with Crippen LogP contribution in [0.1, 0.15) is 62.5 Å². The largest absolute Gasteiger partial charge is 0.480 e. The van der Waals surface area contributed by atoms with Gasteiger partial charge in [-0.25, -0.2) is 9.59 Å². The molecule has 184 valence electrons. The molecule has 2 fully saturated rings. The Labute approximate surface area is 205 Å². The summed E-state index contributed by atoms with van der Waals surface area (Å²) in [5.41, 5.74) is 3.65. The maximum Gasteiger partial charge on any atom is 0.407 e. The lowest BCUT2D eigenvalue weighted by atomic mass is 9.48. The summed E-state index contributed by atoms with van der Waals surface area (Å²) in [7, 11) is 0. The van der Waals surface area contributed by atoms with Gasteiger partial charge in [0.15, 0.2) is 0 Å². The maximum atomic E-state index is 12.5. The summed E-state index contributed by atoms with van der Waals surface area (Å²) in [6, 6.07) is 16.3. The minimum absolute atomic E-state index is 0.00926. The van der Waals surface area contributed by atoms with Crippen molar-refractivity contribution in [3.63, 3.8) is 0 Å². The van der Waals surface area contributed by atoms with Crippen molar-refractivity contribution in [3.05, 3.63) is 59.7 Å². The predicted molar refractivity (Wildman–Crippen MR) is 131 cm³/mol. The normalized spacial score (nSPS) is 19.5. The van der Waals surface area contributed by atoms with E-state index in [0.717, 1.165) is 30.4 Å². The predicted octanol–water partition coefficient (Wildman–Crippen LogP) is 4.46. The number of benzene rings is 2. The van der Waals surface area contributed by atoms with Crippen molar-refractivity contribution in [1.82, 2.24) is 10.6 Å². The Hall–Kier alpha value is -3.35. The first kappa shape index (κ1) is 23.4. The molecule has 35 heavy (non-hydrogen) atoms. The summed E-state index contributed by atoms with van der Waals surface area (Å²) in [6.45, 7) is 2.36. The summed E-state index contributed by atoms with van der Waals surface area (Å²) in [6.07, 6.45) is 3.91. The van der Waals surface area contributed by atoms with Crippen molar-refractivity contribution >= 4 is 18.0 Å². The molecule has 5 rings (SSSR count). The van der Waals surface area contributed by atoms with Crippen LogP contribution in [0.4, 0.5) is 4.79 Å². The van der Waals surface area contributed by atoms with Crippen LogP contribution in [0.15, 0.2) is 48.5 Å². The highest BCUT2D eigenvalue weighted by atomic mass is 16.5. The third kappa shape index (κ3) is 4.40. The zero-order valence-corrected chi connectivity index (χ0v) is 20.0. The van der Waals surface area contributed by atoms with E-state index < -0.39 is 17.6 Å². The van der Waals surface area contributed by atoms with E-state index in [1.54, 1.807) is 0 Å². The molecule has 0 saturated heterocycles. The van der Waals surface area contributed by atoms with E-state index in [0.29, 0.717) is 12.8 Å². The maximum absolute atomic E-state index is 12.5. The van der Waals surface area contributed by atoms with Gasteiger partial charge in [0, 0.05) is 18.9 Å². The van der Waals surface area contributed by atoms with Crippen LogP contribution in [-0.4, -0.2) is 41.8 Å². The Morgan fingerprint density at radius 1 is 1.03 bits per heavy atom. The number of ether oxygens (including phenoxy) is 1. The lowest BCUT2D eigenvalue weighted by molar-refractivity contribution is -0.165. The first-order valence-electron chi connectivity index (χ1n) is 12.4. The number of hydrogen-bond donors (Lipinski definition) is 3. The minimum Gasteiger partial charge on any atom is -0.480 e. The molecule has 3 aliphatic carbocycles. The summed E-state index contributed by atoms with van der Waals surface area (Å²) in [5.74, 6) is -1.40. The molecule has 2 aromatic carbocycles. The fourth-order valence-electron chi connectivity index (χ4n) is 6.17. The zero-order valence-electron chi connectivity index (χ0n) is 20.0. The Balaban J connectivity index is 1.08. The van der Waals surface area contributed by atoms with Crippen molar-refractivity contribution in [2.75, 3.05) is 13.2 Å². The van der Waals surface area contributed by atoms with Gasteiger partial charge in [-0.1, -0.05) is 61.9 Å². The van der Waals surface area contributed by atoms with Crippen LogP contribution in [0.2, 0.25) is 0 Å². The molecular weight excluding hydrogens is 444 g/mol. The number of alkyl carbamates (subject to hydrolysis) is 1. The van der Waals surface area contributed by atoms with Crippen molar-refractivity contribution in [3.8, 4) is 11.1 Å². The van der Waals surface area contributed by atoms with Gasteiger partial charge in [0.05, 0.1) is 0 Å². The highest BCUT2D eigenvalue weighted by Crippen LogP contribution is 2.60. The van der Waals surface area contributed by atoms with Gasteiger partial charge in [-0.05, 0) is 59.3 Å². The molecule has 1 unspecified atom stereocenters. The molecule has 1 spiro atoms. The van der Waals surface area contributed by atoms with E-state index >= 15 is 0 Å². The minimum atomic E-state index is -1.13. The number of carboxylic acid groups (broad SMARTS) is 1. The summed E-state index contributed by atoms with van der Waals surface area (Å²) in [5, 5.41) is 15.2. The van der Waals surface area contributed by atoms with Crippen LogP contribution in [0.5, 0.6) is 0 Å². The second kappa shape index (κ2) is 9.02. The van der Waals surface area contributed by atoms with Gasteiger partial charge in [0.2, 0.25) is 5.91 Å². The Bertz CT molecular complexity index is 1100. The molecule has 2 aromatic rings. The lowest BCUT2D eigenvalue weighted by Crippen LogP contribution is -2.68. The smallest absolute Gasteiger partial charge is 0.407 e. The SMILES string of the molecule is CC(CNC(=O)OCC1c2ccccc2-c2ccccc21)CC(=O)NC1(C(=O)O)CC2(CCC2)C1. The fraction of sp³-hybridized carbons (Fsp3) is 0.464. The average Bonchev–Trinajstić information content (AvgIpc) is 3.10. The second-order valence-corrected chi connectivity index (χ2v) is 10.7. The fourth-order valence-corrected chi connectivity index (χ4v) is 6.17. The summed E-state index contributed by atoms with van der Waals surface area (Å²) >= 11 is 0. The molecule has 0 radical (unpaired) electrons. The summed E-state index contributed by atoms with van der Waals surface area (Å²) in [4.78, 5) is 36.7. The molecule has 7 nitrogen and oxygen atoms in total. The number of carboxylic acids is 1. The van der Waals surface area contributed by atoms with Crippen LogP contribution >= 0.6 is 0 Å². The lowest BCUT2D eigenvalue weighted by Gasteiger charge is -2.59. The highest BCUT2D eigenvalue weighted by molar-refractivity contribution is 5.88. The van der Waals surface area contributed by atoms with E-state index in [4.69, 9.17) is 4.74 Å². The number of carbonyl (C=O) groups excluding carboxylic acids is 2. The molecule has 7 heteroatoms. The van der Waals surface area contributed by atoms with Crippen molar-refractivity contribution in [2.45, 2.75) is 56.9 Å². The molecule has 1 atom stereocenters. The van der Waals surface area contributed by atoms with Gasteiger partial charge >= 0.3 is 12.1 Å². The van der Waals surface area contributed by atoms with Crippen LogP contribution < -0.4 is 10.6 Å². The number of amides is 2. The number of carbonyl (C=O) groups is 3. The first-order chi connectivity index (χ1) is 16.8. The monoisotopic (exact) mass is 476 g/mol. The molecule has 0 aromatic heterocycles. The molecule has 3 aliphatic rings. The van der Waals surface area contributed by atoms with Gasteiger partial charge in [0.1, 0.15) is 12.1 Å².